The third-order valence-electron chi connectivity index (χ3n) is 4.20. The van der Waals surface area contributed by atoms with E-state index in [1.54, 1.807) is 0 Å². The Balaban J connectivity index is 1.80. The Morgan fingerprint density at radius 2 is 1.74 bits per heavy atom. The van der Waals surface area contributed by atoms with Crippen LogP contribution in [0.25, 0.3) is 11.3 Å². The minimum absolute atomic E-state index is 0.0613. The summed E-state index contributed by atoms with van der Waals surface area (Å²) in [7, 11) is 0. The largest absolute Gasteiger partial charge is 0.348 e. The van der Waals surface area contributed by atoms with Crippen molar-refractivity contribution in [1.82, 2.24) is 14.9 Å². The molecule has 3 aromatic rings. The van der Waals surface area contributed by atoms with Gasteiger partial charge in [0.2, 0.25) is 5.91 Å². The second-order valence-corrected chi connectivity index (χ2v) is 6.89. The van der Waals surface area contributed by atoms with Crippen molar-refractivity contribution < 1.29 is 4.79 Å². The number of nitrogens with one attached hydrogen (secondary N) is 1. The van der Waals surface area contributed by atoms with Crippen molar-refractivity contribution in [2.24, 2.45) is 0 Å². The number of rotatable bonds is 6. The van der Waals surface area contributed by atoms with Crippen LogP contribution < -0.4 is 10.9 Å². The number of benzene rings is 2. The van der Waals surface area contributed by atoms with Crippen molar-refractivity contribution in [3.8, 4) is 11.3 Å². The van der Waals surface area contributed by atoms with Crippen molar-refractivity contribution >= 4 is 17.7 Å². The van der Waals surface area contributed by atoms with Gasteiger partial charge in [0, 0.05) is 11.6 Å². The second-order valence-electron chi connectivity index (χ2n) is 6.12. The highest BCUT2D eigenvalue weighted by atomic mass is 32.2. The molecule has 0 aliphatic rings. The van der Waals surface area contributed by atoms with Crippen molar-refractivity contribution in [3.63, 3.8) is 0 Å². The summed E-state index contributed by atoms with van der Waals surface area (Å²) in [6.45, 7) is 1.86. The fourth-order valence-corrected chi connectivity index (χ4v) is 3.36. The first-order valence-corrected chi connectivity index (χ1v) is 9.86. The summed E-state index contributed by atoms with van der Waals surface area (Å²) < 4.78 is 1.41. The van der Waals surface area contributed by atoms with Gasteiger partial charge in [0.25, 0.3) is 5.56 Å². The van der Waals surface area contributed by atoms with Crippen LogP contribution in [0.15, 0.2) is 76.7 Å². The molecule has 0 saturated carbocycles. The molecule has 0 radical (unpaired) electrons. The SMILES string of the molecule is CSc1nc(-c2ccccc2)cc(=O)n1CC(=O)N[C@H](C)c1ccccc1. The topological polar surface area (TPSA) is 64.0 Å². The predicted octanol–water partition coefficient (Wildman–Crippen LogP) is 3.51. The lowest BCUT2D eigenvalue weighted by Crippen LogP contribution is -2.34. The fourth-order valence-electron chi connectivity index (χ4n) is 2.80. The second kappa shape index (κ2) is 8.68. The lowest BCUT2D eigenvalue weighted by molar-refractivity contribution is -0.122. The standard InChI is InChI=1S/C21H21N3O2S/c1-15(16-9-5-3-6-10-16)22-19(25)14-24-20(26)13-18(23-21(24)27-2)17-11-7-4-8-12-17/h3-13,15H,14H2,1-2H3,(H,22,25)/t15-/m1/s1. The predicted molar refractivity (Wildman–Crippen MR) is 109 cm³/mol. The number of thioether (sulfide) groups is 1. The van der Waals surface area contributed by atoms with Crippen LogP contribution in [-0.4, -0.2) is 21.7 Å². The Bertz CT molecular complexity index is 972. The number of carbonyl (C=O) groups excluding carboxylic acids is 1. The molecule has 0 unspecified atom stereocenters. The number of aromatic nitrogens is 2. The average molecular weight is 379 g/mol. The van der Waals surface area contributed by atoms with Gasteiger partial charge in [-0.15, -0.1) is 0 Å². The van der Waals surface area contributed by atoms with Gasteiger partial charge in [-0.1, -0.05) is 72.4 Å². The van der Waals surface area contributed by atoms with E-state index in [-0.39, 0.29) is 24.1 Å². The molecule has 6 heteroatoms. The Labute approximate surface area is 162 Å². The maximum absolute atomic E-state index is 12.6. The molecule has 0 spiro atoms. The number of hydrogen-bond donors (Lipinski definition) is 1. The summed E-state index contributed by atoms with van der Waals surface area (Å²) in [5.74, 6) is -0.224. The first kappa shape index (κ1) is 18.9. The Kier molecular flexibility index (Phi) is 6.08. The van der Waals surface area contributed by atoms with Crippen LogP contribution in [0.1, 0.15) is 18.5 Å². The van der Waals surface area contributed by atoms with Gasteiger partial charge in [-0.05, 0) is 18.7 Å². The maximum Gasteiger partial charge on any atom is 0.255 e. The average Bonchev–Trinajstić information content (AvgIpc) is 2.70. The van der Waals surface area contributed by atoms with Gasteiger partial charge in [-0.25, -0.2) is 4.98 Å². The molecule has 1 heterocycles. The summed E-state index contributed by atoms with van der Waals surface area (Å²) in [5, 5.41) is 3.45. The molecule has 0 saturated heterocycles. The first-order valence-electron chi connectivity index (χ1n) is 8.64. The van der Waals surface area contributed by atoms with Crippen LogP contribution in [0.3, 0.4) is 0 Å². The Morgan fingerprint density at radius 1 is 1.11 bits per heavy atom. The quantitative estimate of drug-likeness (QED) is 0.526. The van der Waals surface area contributed by atoms with E-state index in [0.717, 1.165) is 11.1 Å². The molecular weight excluding hydrogens is 358 g/mol. The van der Waals surface area contributed by atoms with Gasteiger partial charge in [0.15, 0.2) is 5.16 Å². The van der Waals surface area contributed by atoms with E-state index < -0.39 is 0 Å². The molecule has 27 heavy (non-hydrogen) atoms. The monoisotopic (exact) mass is 379 g/mol. The van der Waals surface area contributed by atoms with Crippen LogP contribution in [0.4, 0.5) is 0 Å². The van der Waals surface area contributed by atoms with E-state index in [4.69, 9.17) is 0 Å². The smallest absolute Gasteiger partial charge is 0.255 e. The van der Waals surface area contributed by atoms with E-state index in [9.17, 15) is 9.59 Å². The van der Waals surface area contributed by atoms with Crippen LogP contribution in [0.5, 0.6) is 0 Å². The van der Waals surface area contributed by atoms with E-state index >= 15 is 0 Å². The molecule has 0 aliphatic carbocycles. The molecule has 1 amide bonds. The molecule has 1 aromatic heterocycles. The highest BCUT2D eigenvalue weighted by Crippen LogP contribution is 2.19. The van der Waals surface area contributed by atoms with Crippen LogP contribution in [-0.2, 0) is 11.3 Å². The van der Waals surface area contributed by atoms with Crippen molar-refractivity contribution in [3.05, 3.63) is 82.6 Å². The van der Waals surface area contributed by atoms with Crippen molar-refractivity contribution in [2.45, 2.75) is 24.7 Å². The van der Waals surface area contributed by atoms with Gasteiger partial charge in [-0.2, -0.15) is 0 Å². The molecule has 3 rings (SSSR count). The summed E-state index contributed by atoms with van der Waals surface area (Å²) in [4.78, 5) is 29.6. The number of hydrogen-bond acceptors (Lipinski definition) is 4. The number of carbonyl (C=O) groups is 1. The Morgan fingerprint density at radius 3 is 2.37 bits per heavy atom. The first-order chi connectivity index (χ1) is 13.1. The number of nitrogens with zero attached hydrogens (tertiary/aromatic N) is 2. The highest BCUT2D eigenvalue weighted by molar-refractivity contribution is 7.98. The molecule has 2 aromatic carbocycles. The van der Waals surface area contributed by atoms with E-state index in [1.165, 1.54) is 22.4 Å². The Hall–Kier alpha value is -2.86. The zero-order valence-electron chi connectivity index (χ0n) is 15.3. The van der Waals surface area contributed by atoms with Gasteiger partial charge < -0.3 is 5.32 Å². The normalized spacial score (nSPS) is 11.8. The van der Waals surface area contributed by atoms with Crippen LogP contribution >= 0.6 is 11.8 Å². The fraction of sp³-hybridized carbons (Fsp3) is 0.190. The van der Waals surface area contributed by atoms with E-state index in [1.807, 2.05) is 73.8 Å². The van der Waals surface area contributed by atoms with Gasteiger partial charge in [-0.3, -0.25) is 14.2 Å². The lowest BCUT2D eigenvalue weighted by atomic mass is 10.1. The highest BCUT2D eigenvalue weighted by Gasteiger charge is 2.15. The summed E-state index contributed by atoms with van der Waals surface area (Å²) in [6.07, 6.45) is 1.84. The van der Waals surface area contributed by atoms with Gasteiger partial charge >= 0.3 is 0 Å². The molecule has 0 aliphatic heterocycles. The number of amides is 1. The zero-order valence-corrected chi connectivity index (χ0v) is 16.1. The molecule has 1 N–H and O–H groups in total. The molecule has 0 fully saturated rings. The van der Waals surface area contributed by atoms with E-state index in [0.29, 0.717) is 10.9 Å². The van der Waals surface area contributed by atoms with E-state index in [2.05, 4.69) is 10.3 Å². The third kappa shape index (κ3) is 4.65. The molecule has 1 atom stereocenters. The van der Waals surface area contributed by atoms with Crippen molar-refractivity contribution in [1.29, 1.82) is 0 Å². The molecule has 0 bridgehead atoms. The summed E-state index contributed by atoms with van der Waals surface area (Å²) in [6, 6.07) is 20.6. The van der Waals surface area contributed by atoms with Gasteiger partial charge in [0.1, 0.15) is 6.54 Å². The maximum atomic E-state index is 12.6. The lowest BCUT2D eigenvalue weighted by Gasteiger charge is -2.16. The van der Waals surface area contributed by atoms with Crippen LogP contribution in [0.2, 0.25) is 0 Å². The zero-order chi connectivity index (χ0) is 19.2. The molecular formula is C21H21N3O2S. The molecule has 5 nitrogen and oxygen atoms in total. The molecule has 138 valence electrons. The third-order valence-corrected chi connectivity index (χ3v) is 4.88. The minimum Gasteiger partial charge on any atom is -0.348 e. The van der Waals surface area contributed by atoms with Gasteiger partial charge in [0.05, 0.1) is 11.7 Å². The summed E-state index contributed by atoms with van der Waals surface area (Å²) in [5.41, 5.74) is 2.26. The van der Waals surface area contributed by atoms with Crippen LogP contribution in [0, 0.1) is 0 Å². The summed E-state index contributed by atoms with van der Waals surface area (Å²) >= 11 is 1.35. The van der Waals surface area contributed by atoms with Crippen molar-refractivity contribution in [2.75, 3.05) is 6.26 Å². The minimum atomic E-state index is -0.240.